The first kappa shape index (κ1) is 18.3. The predicted molar refractivity (Wildman–Crippen MR) is 117 cm³/mol. The molecule has 138 valence electrons. The average molecular weight is 373 g/mol. The molecule has 0 unspecified atom stereocenters. The summed E-state index contributed by atoms with van der Waals surface area (Å²) in [5, 5.41) is 21.3. The lowest BCUT2D eigenvalue weighted by Gasteiger charge is -2.13. The van der Waals surface area contributed by atoms with Gasteiger partial charge in [-0.15, -0.1) is 0 Å². The van der Waals surface area contributed by atoms with E-state index in [1.54, 1.807) is 18.2 Å². The first-order valence-corrected chi connectivity index (χ1v) is 9.42. The van der Waals surface area contributed by atoms with Crippen molar-refractivity contribution < 1.29 is 0 Å². The van der Waals surface area contributed by atoms with E-state index in [0.717, 1.165) is 28.2 Å². The Balaban J connectivity index is 1.86. The highest BCUT2D eigenvalue weighted by atomic mass is 15.0. The van der Waals surface area contributed by atoms with E-state index in [9.17, 15) is 5.26 Å². The molecule has 0 aliphatic heterocycles. The number of aryl methyl sites for hydroxylation is 1. The maximum Gasteiger partial charge on any atom is 0.0998 e. The number of aromatic nitrogens is 1. The van der Waals surface area contributed by atoms with E-state index in [1.807, 2.05) is 18.2 Å². The van der Waals surface area contributed by atoms with Gasteiger partial charge in [0.05, 0.1) is 29.0 Å². The Labute approximate surface area is 170 Å². The van der Waals surface area contributed by atoms with Crippen LogP contribution in [0.2, 0.25) is 0 Å². The molecule has 0 aliphatic carbocycles. The minimum atomic E-state index is 0.542. The van der Waals surface area contributed by atoms with Crippen LogP contribution >= 0.6 is 0 Å². The van der Waals surface area contributed by atoms with Gasteiger partial charge in [-0.05, 0) is 60.7 Å². The Hall–Kier alpha value is -4.08. The van der Waals surface area contributed by atoms with Crippen LogP contribution < -0.4 is 0 Å². The standard InChI is InChI=1S/C26H19N3/c1-18-13-23(15-24(17-28)22-10-5-7-20(14-22)16-27)19(2)29(18)26-12-6-9-21-8-3-4-11-25(21)26/h3-15H,1-2H3/b24-15-. The van der Waals surface area contributed by atoms with Crippen LogP contribution in [0.25, 0.3) is 28.1 Å². The Morgan fingerprint density at radius 1 is 0.897 bits per heavy atom. The molecule has 0 spiro atoms. The monoisotopic (exact) mass is 373 g/mol. The fourth-order valence-electron chi connectivity index (χ4n) is 3.80. The summed E-state index contributed by atoms with van der Waals surface area (Å²) in [6.45, 7) is 4.15. The minimum Gasteiger partial charge on any atom is -0.317 e. The topological polar surface area (TPSA) is 52.5 Å². The van der Waals surface area contributed by atoms with Crippen molar-refractivity contribution >= 4 is 22.4 Å². The largest absolute Gasteiger partial charge is 0.317 e. The van der Waals surface area contributed by atoms with Crippen LogP contribution in [0.5, 0.6) is 0 Å². The van der Waals surface area contributed by atoms with Crippen LogP contribution in [0, 0.1) is 36.5 Å². The second-order valence-corrected chi connectivity index (χ2v) is 7.02. The molecule has 3 heteroatoms. The molecule has 0 radical (unpaired) electrons. The molecule has 0 aliphatic rings. The number of hydrogen-bond donors (Lipinski definition) is 0. The van der Waals surface area contributed by atoms with E-state index >= 15 is 0 Å². The van der Waals surface area contributed by atoms with Gasteiger partial charge >= 0.3 is 0 Å². The van der Waals surface area contributed by atoms with Gasteiger partial charge in [-0.25, -0.2) is 0 Å². The Morgan fingerprint density at radius 3 is 2.45 bits per heavy atom. The molecule has 0 atom stereocenters. The molecular formula is C26H19N3. The molecule has 0 bridgehead atoms. The molecule has 1 aromatic heterocycles. The number of nitriles is 2. The van der Waals surface area contributed by atoms with Crippen LogP contribution in [0.3, 0.4) is 0 Å². The summed E-state index contributed by atoms with van der Waals surface area (Å²) in [6, 6.07) is 28.3. The highest BCUT2D eigenvalue weighted by molar-refractivity contribution is 5.92. The molecule has 0 amide bonds. The Morgan fingerprint density at radius 2 is 1.66 bits per heavy atom. The van der Waals surface area contributed by atoms with Crippen molar-refractivity contribution in [3.63, 3.8) is 0 Å². The van der Waals surface area contributed by atoms with Crippen LogP contribution in [-0.4, -0.2) is 4.57 Å². The smallest absolute Gasteiger partial charge is 0.0998 e. The average Bonchev–Trinajstić information content (AvgIpc) is 3.04. The fraction of sp³-hybridized carbons (Fsp3) is 0.0769. The summed E-state index contributed by atoms with van der Waals surface area (Å²) < 4.78 is 2.23. The zero-order valence-electron chi connectivity index (χ0n) is 16.3. The van der Waals surface area contributed by atoms with Crippen LogP contribution in [0.4, 0.5) is 0 Å². The van der Waals surface area contributed by atoms with Crippen molar-refractivity contribution in [2.24, 2.45) is 0 Å². The molecule has 4 rings (SSSR count). The molecule has 3 nitrogen and oxygen atoms in total. The summed E-state index contributed by atoms with van der Waals surface area (Å²) >= 11 is 0. The minimum absolute atomic E-state index is 0.542. The van der Waals surface area contributed by atoms with Crippen LogP contribution in [-0.2, 0) is 0 Å². The quantitative estimate of drug-likeness (QED) is 0.402. The van der Waals surface area contributed by atoms with E-state index in [-0.39, 0.29) is 0 Å². The highest BCUT2D eigenvalue weighted by Crippen LogP contribution is 2.29. The molecule has 0 saturated heterocycles. The molecular weight excluding hydrogens is 354 g/mol. The lowest BCUT2D eigenvalue weighted by atomic mass is 10.0. The van der Waals surface area contributed by atoms with Crippen molar-refractivity contribution in [1.29, 1.82) is 10.5 Å². The lowest BCUT2D eigenvalue weighted by molar-refractivity contribution is 0.973. The zero-order chi connectivity index (χ0) is 20.4. The summed E-state index contributed by atoms with van der Waals surface area (Å²) in [5.74, 6) is 0. The summed E-state index contributed by atoms with van der Waals surface area (Å²) in [4.78, 5) is 0. The van der Waals surface area contributed by atoms with E-state index in [0.29, 0.717) is 11.1 Å². The van der Waals surface area contributed by atoms with E-state index in [4.69, 9.17) is 5.26 Å². The van der Waals surface area contributed by atoms with Crippen LogP contribution in [0.1, 0.15) is 28.1 Å². The molecule has 0 saturated carbocycles. The van der Waals surface area contributed by atoms with Gasteiger partial charge in [0.2, 0.25) is 0 Å². The summed E-state index contributed by atoms with van der Waals surface area (Å²) in [5.41, 5.74) is 6.14. The van der Waals surface area contributed by atoms with Gasteiger partial charge in [-0.2, -0.15) is 10.5 Å². The number of allylic oxidation sites excluding steroid dienone is 1. The summed E-state index contributed by atoms with van der Waals surface area (Å²) in [7, 11) is 0. The van der Waals surface area contributed by atoms with Gasteiger partial charge in [0, 0.05) is 16.8 Å². The normalized spacial score (nSPS) is 11.2. The van der Waals surface area contributed by atoms with Crippen molar-refractivity contribution in [2.75, 3.05) is 0 Å². The molecule has 0 N–H and O–H groups in total. The van der Waals surface area contributed by atoms with E-state index < -0.39 is 0 Å². The zero-order valence-corrected chi connectivity index (χ0v) is 16.3. The highest BCUT2D eigenvalue weighted by Gasteiger charge is 2.13. The number of nitrogens with zero attached hydrogens (tertiary/aromatic N) is 3. The second kappa shape index (κ2) is 7.50. The third kappa shape index (κ3) is 3.31. The van der Waals surface area contributed by atoms with E-state index in [2.05, 4.69) is 73.0 Å². The van der Waals surface area contributed by atoms with Crippen LogP contribution in [0.15, 0.2) is 72.8 Å². The third-order valence-corrected chi connectivity index (χ3v) is 5.20. The van der Waals surface area contributed by atoms with Gasteiger partial charge in [-0.3, -0.25) is 0 Å². The van der Waals surface area contributed by atoms with Gasteiger partial charge in [0.1, 0.15) is 0 Å². The van der Waals surface area contributed by atoms with Gasteiger partial charge < -0.3 is 4.57 Å². The lowest BCUT2D eigenvalue weighted by Crippen LogP contribution is -2.00. The molecule has 4 aromatic rings. The Bertz CT molecular complexity index is 1340. The van der Waals surface area contributed by atoms with Gasteiger partial charge in [-0.1, -0.05) is 48.5 Å². The van der Waals surface area contributed by atoms with Crippen molar-refractivity contribution in [2.45, 2.75) is 13.8 Å². The van der Waals surface area contributed by atoms with Crippen molar-refractivity contribution in [3.05, 3.63) is 101 Å². The van der Waals surface area contributed by atoms with Gasteiger partial charge in [0.25, 0.3) is 0 Å². The maximum absolute atomic E-state index is 9.72. The number of hydrogen-bond acceptors (Lipinski definition) is 2. The maximum atomic E-state index is 9.72. The van der Waals surface area contributed by atoms with Crippen molar-refractivity contribution in [3.8, 4) is 17.8 Å². The summed E-state index contributed by atoms with van der Waals surface area (Å²) in [6.07, 6.45) is 1.90. The predicted octanol–water partition coefficient (Wildman–Crippen LogP) is 6.18. The first-order chi connectivity index (χ1) is 14.1. The molecule has 29 heavy (non-hydrogen) atoms. The third-order valence-electron chi connectivity index (χ3n) is 5.20. The fourth-order valence-corrected chi connectivity index (χ4v) is 3.80. The molecule has 3 aromatic carbocycles. The number of rotatable bonds is 3. The SMILES string of the molecule is Cc1cc(/C=C(/C#N)c2cccc(C#N)c2)c(C)n1-c1cccc2ccccc12. The van der Waals surface area contributed by atoms with Crippen molar-refractivity contribution in [1.82, 2.24) is 4.57 Å². The number of benzene rings is 3. The first-order valence-electron chi connectivity index (χ1n) is 9.42. The molecule has 0 fully saturated rings. The van der Waals surface area contributed by atoms with Gasteiger partial charge in [0.15, 0.2) is 0 Å². The van der Waals surface area contributed by atoms with E-state index in [1.165, 1.54) is 10.8 Å². The second-order valence-electron chi connectivity index (χ2n) is 7.02. The number of fused-ring (bicyclic) bond motifs is 1. The Kier molecular flexibility index (Phi) is 4.73. The molecule has 1 heterocycles.